The molecular formula is C22H20N2O3. The van der Waals surface area contributed by atoms with Gasteiger partial charge in [0, 0.05) is 11.4 Å². The summed E-state index contributed by atoms with van der Waals surface area (Å²) in [6.07, 6.45) is -0.768. The van der Waals surface area contributed by atoms with E-state index in [9.17, 15) is 9.59 Å². The van der Waals surface area contributed by atoms with Crippen molar-refractivity contribution in [3.63, 3.8) is 0 Å². The number of para-hydroxylation sites is 3. The zero-order chi connectivity index (χ0) is 19.1. The monoisotopic (exact) mass is 360 g/mol. The molecule has 0 radical (unpaired) electrons. The molecule has 3 rings (SSSR count). The Labute approximate surface area is 158 Å². The van der Waals surface area contributed by atoms with Gasteiger partial charge >= 0.3 is 0 Å². The Kier molecular flexibility index (Phi) is 5.84. The zero-order valence-electron chi connectivity index (χ0n) is 14.9. The molecule has 0 aromatic heterocycles. The van der Waals surface area contributed by atoms with Crippen LogP contribution in [-0.4, -0.2) is 17.9 Å². The Hall–Kier alpha value is -3.60. The molecule has 0 heterocycles. The minimum atomic E-state index is -0.768. The van der Waals surface area contributed by atoms with E-state index in [1.165, 1.54) is 0 Å². The van der Waals surface area contributed by atoms with E-state index in [4.69, 9.17) is 4.74 Å². The maximum atomic E-state index is 12.6. The number of carbonyl (C=O) groups is 2. The van der Waals surface area contributed by atoms with Crippen molar-refractivity contribution in [1.29, 1.82) is 0 Å². The fraction of sp³-hybridized carbons (Fsp3) is 0.0909. The largest absolute Gasteiger partial charge is 0.480 e. The topological polar surface area (TPSA) is 67.4 Å². The van der Waals surface area contributed by atoms with Crippen LogP contribution < -0.4 is 15.4 Å². The van der Waals surface area contributed by atoms with Gasteiger partial charge in [-0.15, -0.1) is 0 Å². The van der Waals surface area contributed by atoms with Crippen LogP contribution in [0, 0.1) is 0 Å². The van der Waals surface area contributed by atoms with Gasteiger partial charge in [-0.3, -0.25) is 9.59 Å². The van der Waals surface area contributed by atoms with E-state index in [-0.39, 0.29) is 11.8 Å². The van der Waals surface area contributed by atoms with Crippen LogP contribution in [0.2, 0.25) is 0 Å². The second kappa shape index (κ2) is 8.67. The molecule has 1 atom stereocenters. The molecule has 0 spiro atoms. The molecule has 2 amide bonds. The predicted octanol–water partition coefficient (Wildman–Crippen LogP) is 4.34. The summed E-state index contributed by atoms with van der Waals surface area (Å²) in [6, 6.07) is 25.2. The molecule has 27 heavy (non-hydrogen) atoms. The molecule has 0 aliphatic heterocycles. The highest BCUT2D eigenvalue weighted by molar-refractivity contribution is 6.06. The summed E-state index contributed by atoms with van der Waals surface area (Å²) in [4.78, 5) is 24.9. The van der Waals surface area contributed by atoms with Crippen molar-refractivity contribution in [2.24, 2.45) is 0 Å². The zero-order valence-corrected chi connectivity index (χ0v) is 14.9. The number of rotatable bonds is 6. The summed E-state index contributed by atoms with van der Waals surface area (Å²) in [6.45, 7) is 1.64. The second-order valence-electron chi connectivity index (χ2n) is 5.93. The van der Waals surface area contributed by atoms with Crippen molar-refractivity contribution in [2.45, 2.75) is 13.0 Å². The van der Waals surface area contributed by atoms with Gasteiger partial charge in [0.1, 0.15) is 5.75 Å². The summed E-state index contributed by atoms with van der Waals surface area (Å²) < 4.78 is 5.77. The summed E-state index contributed by atoms with van der Waals surface area (Å²) in [5.74, 6) is -0.242. The van der Waals surface area contributed by atoms with Crippen LogP contribution in [0.4, 0.5) is 11.4 Å². The number of benzene rings is 3. The lowest BCUT2D eigenvalue weighted by molar-refractivity contribution is -0.122. The standard InChI is InChI=1S/C22H20N2O3/c1-16(21(25)23-17-10-4-2-5-11-17)27-20-15-9-8-14-19(20)22(26)24-18-12-6-3-7-13-18/h2-16H,1H3,(H,23,25)(H,24,26)/t16-/m0/s1. The number of carbonyl (C=O) groups excluding carboxylic acids is 2. The quantitative estimate of drug-likeness (QED) is 0.687. The highest BCUT2D eigenvalue weighted by atomic mass is 16.5. The Balaban J connectivity index is 1.70. The third-order valence-corrected chi connectivity index (χ3v) is 3.88. The van der Waals surface area contributed by atoms with Crippen LogP contribution in [0.15, 0.2) is 84.9 Å². The first-order valence-corrected chi connectivity index (χ1v) is 8.61. The van der Waals surface area contributed by atoms with Crippen molar-refractivity contribution in [3.8, 4) is 5.75 Å². The van der Waals surface area contributed by atoms with Gasteiger partial charge in [0.05, 0.1) is 5.56 Å². The maximum Gasteiger partial charge on any atom is 0.265 e. The average Bonchev–Trinajstić information content (AvgIpc) is 2.70. The number of nitrogens with one attached hydrogen (secondary N) is 2. The van der Waals surface area contributed by atoms with Gasteiger partial charge in [-0.25, -0.2) is 0 Å². The first-order chi connectivity index (χ1) is 13.1. The van der Waals surface area contributed by atoms with Gasteiger partial charge in [-0.1, -0.05) is 48.5 Å². The molecule has 136 valence electrons. The van der Waals surface area contributed by atoms with Crippen molar-refractivity contribution in [3.05, 3.63) is 90.5 Å². The van der Waals surface area contributed by atoms with E-state index >= 15 is 0 Å². The Morgan fingerprint density at radius 2 is 1.26 bits per heavy atom. The fourth-order valence-electron chi connectivity index (χ4n) is 2.49. The number of hydrogen-bond acceptors (Lipinski definition) is 3. The minimum Gasteiger partial charge on any atom is -0.480 e. The third-order valence-electron chi connectivity index (χ3n) is 3.88. The molecule has 3 aromatic carbocycles. The molecule has 0 fully saturated rings. The number of amides is 2. The van der Waals surface area contributed by atoms with Crippen molar-refractivity contribution in [1.82, 2.24) is 0 Å². The van der Waals surface area contributed by atoms with Crippen molar-refractivity contribution < 1.29 is 14.3 Å². The van der Waals surface area contributed by atoms with Crippen LogP contribution in [0.1, 0.15) is 17.3 Å². The van der Waals surface area contributed by atoms with Gasteiger partial charge in [0.2, 0.25) is 0 Å². The van der Waals surface area contributed by atoms with Crippen LogP contribution >= 0.6 is 0 Å². The smallest absolute Gasteiger partial charge is 0.265 e. The molecule has 0 saturated carbocycles. The van der Waals surface area contributed by atoms with E-state index in [2.05, 4.69) is 10.6 Å². The Morgan fingerprint density at radius 3 is 1.89 bits per heavy atom. The molecule has 0 unspecified atom stereocenters. The van der Waals surface area contributed by atoms with Gasteiger partial charge < -0.3 is 15.4 Å². The summed E-state index contributed by atoms with van der Waals surface area (Å²) >= 11 is 0. The third kappa shape index (κ3) is 4.95. The summed E-state index contributed by atoms with van der Waals surface area (Å²) in [7, 11) is 0. The Morgan fingerprint density at radius 1 is 0.741 bits per heavy atom. The highest BCUT2D eigenvalue weighted by Crippen LogP contribution is 2.21. The molecule has 5 nitrogen and oxygen atoms in total. The van der Waals surface area contributed by atoms with Crippen LogP contribution in [0.3, 0.4) is 0 Å². The minimum absolute atomic E-state index is 0.292. The molecule has 2 N–H and O–H groups in total. The first kappa shape index (κ1) is 18.2. The second-order valence-corrected chi connectivity index (χ2v) is 5.93. The van der Waals surface area contributed by atoms with Crippen molar-refractivity contribution in [2.75, 3.05) is 10.6 Å². The highest BCUT2D eigenvalue weighted by Gasteiger charge is 2.19. The molecule has 0 aliphatic carbocycles. The van der Waals surface area contributed by atoms with Crippen LogP contribution in [0.25, 0.3) is 0 Å². The summed E-state index contributed by atoms with van der Waals surface area (Å²) in [5, 5.41) is 5.61. The van der Waals surface area contributed by atoms with Gasteiger partial charge in [-0.2, -0.15) is 0 Å². The van der Waals surface area contributed by atoms with E-state index in [1.54, 1.807) is 55.5 Å². The number of ether oxygens (including phenoxy) is 1. The van der Waals surface area contributed by atoms with Crippen LogP contribution in [-0.2, 0) is 4.79 Å². The van der Waals surface area contributed by atoms with E-state index in [0.29, 0.717) is 22.7 Å². The average molecular weight is 360 g/mol. The SMILES string of the molecule is C[C@H](Oc1ccccc1C(=O)Nc1ccccc1)C(=O)Nc1ccccc1. The lowest BCUT2D eigenvalue weighted by Gasteiger charge is -2.17. The summed E-state index contributed by atoms with van der Waals surface area (Å²) in [5.41, 5.74) is 1.74. The van der Waals surface area contributed by atoms with Gasteiger partial charge in [0.15, 0.2) is 6.10 Å². The first-order valence-electron chi connectivity index (χ1n) is 8.61. The Bertz CT molecular complexity index is 911. The number of anilines is 2. The predicted molar refractivity (Wildman–Crippen MR) is 106 cm³/mol. The van der Waals surface area contributed by atoms with E-state index in [0.717, 1.165) is 0 Å². The van der Waals surface area contributed by atoms with Crippen LogP contribution in [0.5, 0.6) is 5.75 Å². The normalized spacial score (nSPS) is 11.3. The van der Waals surface area contributed by atoms with E-state index < -0.39 is 6.10 Å². The molecular weight excluding hydrogens is 340 g/mol. The van der Waals surface area contributed by atoms with Crippen molar-refractivity contribution >= 4 is 23.2 Å². The van der Waals surface area contributed by atoms with Gasteiger partial charge in [-0.05, 0) is 43.3 Å². The fourth-order valence-corrected chi connectivity index (χ4v) is 2.49. The lowest BCUT2D eigenvalue weighted by Crippen LogP contribution is -2.30. The lowest BCUT2D eigenvalue weighted by atomic mass is 10.1. The molecule has 0 bridgehead atoms. The maximum absolute atomic E-state index is 12.6. The molecule has 0 saturated heterocycles. The molecule has 5 heteroatoms. The molecule has 0 aliphatic rings. The van der Waals surface area contributed by atoms with Gasteiger partial charge in [0.25, 0.3) is 11.8 Å². The van der Waals surface area contributed by atoms with E-state index in [1.807, 2.05) is 36.4 Å². The number of hydrogen-bond donors (Lipinski definition) is 2. The molecule has 3 aromatic rings.